The van der Waals surface area contributed by atoms with Gasteiger partial charge in [0.2, 0.25) is 0 Å². The summed E-state index contributed by atoms with van der Waals surface area (Å²) in [5.41, 5.74) is 3.58. The molecule has 2 rings (SSSR count). The van der Waals surface area contributed by atoms with Crippen molar-refractivity contribution in [3.8, 4) is 0 Å². The van der Waals surface area contributed by atoms with Gasteiger partial charge >= 0.3 is 0 Å². The van der Waals surface area contributed by atoms with Crippen molar-refractivity contribution in [3.05, 3.63) is 71.3 Å². The van der Waals surface area contributed by atoms with Crippen LogP contribution in [-0.2, 0) is 29.2 Å². The van der Waals surface area contributed by atoms with E-state index in [-0.39, 0.29) is 24.0 Å². The molecule has 0 saturated carbocycles. The molecule has 2 aromatic rings. The molecule has 0 aliphatic rings. The molecule has 28 heavy (non-hydrogen) atoms. The van der Waals surface area contributed by atoms with Gasteiger partial charge in [0.1, 0.15) is 0 Å². The van der Waals surface area contributed by atoms with Gasteiger partial charge in [-0.25, -0.2) is 0 Å². The van der Waals surface area contributed by atoms with Crippen molar-refractivity contribution in [1.29, 1.82) is 0 Å². The van der Waals surface area contributed by atoms with Crippen LogP contribution < -0.4 is 10.6 Å². The molecule has 2 aromatic carbocycles. The number of nitrogens with one attached hydrogen (secondary N) is 2. The highest BCUT2D eigenvalue weighted by atomic mass is 127. The molecule has 0 fully saturated rings. The first-order valence-corrected chi connectivity index (χ1v) is 9.54. The Morgan fingerprint density at radius 1 is 0.893 bits per heavy atom. The molecule has 2 N–H and O–H groups in total. The SMILES string of the molecule is CCOCCCNC(=NC)NCc1ccccc1COCc1ccccc1.I. The van der Waals surface area contributed by atoms with E-state index < -0.39 is 0 Å². The number of nitrogens with zero attached hydrogens (tertiary/aromatic N) is 1. The summed E-state index contributed by atoms with van der Waals surface area (Å²) in [5, 5.41) is 6.68. The van der Waals surface area contributed by atoms with E-state index in [1.807, 2.05) is 31.2 Å². The Balaban J connectivity index is 0.00000392. The summed E-state index contributed by atoms with van der Waals surface area (Å²) in [6, 6.07) is 18.6. The predicted molar refractivity (Wildman–Crippen MR) is 126 cm³/mol. The molecule has 0 heterocycles. The minimum Gasteiger partial charge on any atom is -0.382 e. The lowest BCUT2D eigenvalue weighted by Crippen LogP contribution is -2.37. The Morgan fingerprint density at radius 3 is 2.32 bits per heavy atom. The fraction of sp³-hybridized carbons (Fsp3) is 0.409. The Hall–Kier alpha value is -1.64. The summed E-state index contributed by atoms with van der Waals surface area (Å²) in [7, 11) is 1.78. The average molecular weight is 497 g/mol. The fourth-order valence-electron chi connectivity index (χ4n) is 2.65. The van der Waals surface area contributed by atoms with Gasteiger partial charge in [-0.2, -0.15) is 0 Å². The minimum atomic E-state index is 0. The summed E-state index contributed by atoms with van der Waals surface area (Å²) in [4.78, 5) is 4.27. The summed E-state index contributed by atoms with van der Waals surface area (Å²) in [5.74, 6) is 0.798. The van der Waals surface area contributed by atoms with E-state index in [1.54, 1.807) is 7.05 Å². The van der Waals surface area contributed by atoms with Crippen LogP contribution in [-0.4, -0.2) is 32.8 Å². The Morgan fingerprint density at radius 2 is 1.61 bits per heavy atom. The maximum absolute atomic E-state index is 5.89. The second-order valence-corrected chi connectivity index (χ2v) is 6.15. The number of ether oxygens (including phenoxy) is 2. The van der Waals surface area contributed by atoms with E-state index in [1.165, 1.54) is 16.7 Å². The Labute approximate surface area is 186 Å². The molecule has 0 atom stereocenters. The molecule has 0 spiro atoms. The van der Waals surface area contributed by atoms with Crippen molar-refractivity contribution in [3.63, 3.8) is 0 Å². The van der Waals surface area contributed by atoms with Crippen molar-refractivity contribution >= 4 is 29.9 Å². The molecule has 0 saturated heterocycles. The highest BCUT2D eigenvalue weighted by molar-refractivity contribution is 14.0. The van der Waals surface area contributed by atoms with E-state index in [4.69, 9.17) is 9.47 Å². The zero-order chi connectivity index (χ0) is 19.2. The number of hydrogen-bond donors (Lipinski definition) is 2. The molecule has 0 aliphatic carbocycles. The molecule has 0 aromatic heterocycles. The van der Waals surface area contributed by atoms with Gasteiger partial charge < -0.3 is 20.1 Å². The van der Waals surface area contributed by atoms with Gasteiger partial charge in [0.25, 0.3) is 0 Å². The lowest BCUT2D eigenvalue weighted by Gasteiger charge is -2.14. The second-order valence-electron chi connectivity index (χ2n) is 6.15. The molecule has 0 bridgehead atoms. The number of hydrogen-bond acceptors (Lipinski definition) is 3. The van der Waals surface area contributed by atoms with Crippen LogP contribution in [0.4, 0.5) is 0 Å². The van der Waals surface area contributed by atoms with Crippen molar-refractivity contribution in [2.24, 2.45) is 4.99 Å². The van der Waals surface area contributed by atoms with E-state index in [2.05, 4.69) is 46.0 Å². The van der Waals surface area contributed by atoms with Gasteiger partial charge in [0.05, 0.1) is 13.2 Å². The number of rotatable bonds is 11. The Bertz CT molecular complexity index is 680. The van der Waals surface area contributed by atoms with Crippen molar-refractivity contribution in [1.82, 2.24) is 10.6 Å². The predicted octanol–water partition coefficient (Wildman–Crippen LogP) is 4.11. The molecule has 0 amide bonds. The highest BCUT2D eigenvalue weighted by Gasteiger charge is 2.04. The third-order valence-electron chi connectivity index (χ3n) is 4.12. The topological polar surface area (TPSA) is 54.9 Å². The summed E-state index contributed by atoms with van der Waals surface area (Å²) < 4.78 is 11.2. The largest absolute Gasteiger partial charge is 0.382 e. The molecule has 5 nitrogen and oxygen atoms in total. The second kappa shape index (κ2) is 15.3. The van der Waals surface area contributed by atoms with E-state index in [0.29, 0.717) is 19.8 Å². The van der Waals surface area contributed by atoms with Gasteiger partial charge in [-0.15, -0.1) is 24.0 Å². The van der Waals surface area contributed by atoms with Gasteiger partial charge in [-0.1, -0.05) is 54.6 Å². The number of aliphatic imine (C=N–C) groups is 1. The molecular formula is C22H32IN3O2. The van der Waals surface area contributed by atoms with Gasteiger partial charge in [0, 0.05) is 33.4 Å². The van der Waals surface area contributed by atoms with Gasteiger partial charge in [0.15, 0.2) is 5.96 Å². The fourth-order valence-corrected chi connectivity index (χ4v) is 2.65. The number of halogens is 1. The first kappa shape index (κ1) is 24.4. The van der Waals surface area contributed by atoms with Crippen molar-refractivity contribution in [2.75, 3.05) is 26.8 Å². The first-order chi connectivity index (χ1) is 13.3. The average Bonchev–Trinajstić information content (AvgIpc) is 2.72. The maximum atomic E-state index is 5.89. The first-order valence-electron chi connectivity index (χ1n) is 9.54. The molecule has 6 heteroatoms. The van der Waals surface area contributed by atoms with Crippen LogP contribution in [0.1, 0.15) is 30.0 Å². The minimum absolute atomic E-state index is 0. The Kier molecular flexibility index (Phi) is 13.3. The lowest BCUT2D eigenvalue weighted by molar-refractivity contribution is 0.106. The smallest absolute Gasteiger partial charge is 0.191 e. The molecule has 0 radical (unpaired) electrons. The molecule has 154 valence electrons. The van der Waals surface area contributed by atoms with Gasteiger partial charge in [-0.05, 0) is 30.0 Å². The van der Waals surface area contributed by atoms with Crippen LogP contribution in [0.25, 0.3) is 0 Å². The van der Waals surface area contributed by atoms with E-state index in [9.17, 15) is 0 Å². The van der Waals surface area contributed by atoms with Crippen LogP contribution >= 0.6 is 24.0 Å². The normalized spacial score (nSPS) is 11.0. The van der Waals surface area contributed by atoms with Gasteiger partial charge in [-0.3, -0.25) is 4.99 Å². The number of guanidine groups is 1. The standard InChI is InChI=1S/C22H31N3O2.HI/c1-3-26-15-9-14-24-22(23-2)25-16-20-12-7-8-13-21(20)18-27-17-19-10-5-4-6-11-19;/h4-8,10-13H,3,9,14-18H2,1-2H3,(H2,23,24,25);1H. The van der Waals surface area contributed by atoms with Crippen LogP contribution in [0.3, 0.4) is 0 Å². The maximum Gasteiger partial charge on any atom is 0.191 e. The molecule has 0 aliphatic heterocycles. The van der Waals surface area contributed by atoms with Crippen LogP contribution in [0.2, 0.25) is 0 Å². The third-order valence-corrected chi connectivity index (χ3v) is 4.12. The lowest BCUT2D eigenvalue weighted by atomic mass is 10.1. The zero-order valence-electron chi connectivity index (χ0n) is 16.8. The highest BCUT2D eigenvalue weighted by Crippen LogP contribution is 2.11. The van der Waals surface area contributed by atoms with Crippen LogP contribution in [0, 0.1) is 0 Å². The van der Waals surface area contributed by atoms with E-state index >= 15 is 0 Å². The monoisotopic (exact) mass is 497 g/mol. The molecule has 0 unspecified atom stereocenters. The number of benzene rings is 2. The summed E-state index contributed by atoms with van der Waals surface area (Å²) in [6.07, 6.45) is 0.957. The molecular weight excluding hydrogens is 465 g/mol. The van der Waals surface area contributed by atoms with Crippen LogP contribution in [0.15, 0.2) is 59.6 Å². The summed E-state index contributed by atoms with van der Waals surface area (Å²) in [6.45, 7) is 6.28. The summed E-state index contributed by atoms with van der Waals surface area (Å²) >= 11 is 0. The third kappa shape index (κ3) is 9.52. The quantitative estimate of drug-likeness (QED) is 0.212. The van der Waals surface area contributed by atoms with E-state index in [0.717, 1.165) is 32.1 Å². The van der Waals surface area contributed by atoms with Crippen molar-refractivity contribution in [2.45, 2.75) is 33.1 Å². The van der Waals surface area contributed by atoms with Crippen molar-refractivity contribution < 1.29 is 9.47 Å². The van der Waals surface area contributed by atoms with Crippen LogP contribution in [0.5, 0.6) is 0 Å². The zero-order valence-corrected chi connectivity index (χ0v) is 19.1.